The third-order valence-corrected chi connectivity index (χ3v) is 4.83. The van der Waals surface area contributed by atoms with Crippen molar-refractivity contribution in [2.75, 3.05) is 6.61 Å². The predicted octanol–water partition coefficient (Wildman–Crippen LogP) is 3.25. The van der Waals surface area contributed by atoms with E-state index in [4.69, 9.17) is 10.6 Å². The van der Waals surface area contributed by atoms with E-state index in [2.05, 4.69) is 21.8 Å². The molecule has 2 rings (SSSR count). The van der Waals surface area contributed by atoms with Crippen LogP contribution in [0.5, 0.6) is 0 Å². The van der Waals surface area contributed by atoms with E-state index in [9.17, 15) is 4.79 Å². The van der Waals surface area contributed by atoms with Gasteiger partial charge in [-0.2, -0.15) is 0 Å². The normalized spacial score (nSPS) is 10.1. The highest BCUT2D eigenvalue weighted by Crippen LogP contribution is 2.19. The highest BCUT2D eigenvalue weighted by molar-refractivity contribution is 7.10. The van der Waals surface area contributed by atoms with E-state index in [0.29, 0.717) is 6.61 Å². The molecule has 0 spiro atoms. The number of carbonyl (C=O) groups is 1. The highest BCUT2D eigenvalue weighted by atomic mass is 35.5. The maximum Gasteiger partial charge on any atom is 0.421 e. The van der Waals surface area contributed by atoms with E-state index in [-0.39, 0.29) is 12.4 Å². The molecular weight excluding hydrogens is 342 g/mol. The minimum Gasteiger partial charge on any atom is -0.449 e. The Labute approximate surface area is 144 Å². The van der Waals surface area contributed by atoms with Crippen molar-refractivity contribution in [3.8, 4) is 0 Å². The zero-order chi connectivity index (χ0) is 15.1. The molecule has 3 N–H and O–H groups in total. The first-order valence-corrected chi connectivity index (χ1v) is 8.54. The average molecular weight is 362 g/mol. The largest absolute Gasteiger partial charge is 0.449 e. The van der Waals surface area contributed by atoms with Crippen LogP contribution in [0.15, 0.2) is 16.8 Å². The van der Waals surface area contributed by atoms with Crippen LogP contribution in [-0.2, 0) is 24.0 Å². The van der Waals surface area contributed by atoms with Crippen LogP contribution >= 0.6 is 35.1 Å². The minimum atomic E-state index is -0.584. The summed E-state index contributed by atoms with van der Waals surface area (Å²) in [6.07, 6.45) is 3.14. The number of hydrogen-bond donors (Lipinski definition) is 2. The number of thiophene rings is 1. The monoisotopic (exact) mass is 361 g/mol. The Bertz CT molecular complexity index is 586. The summed E-state index contributed by atoms with van der Waals surface area (Å²) < 4.78 is 4.85. The van der Waals surface area contributed by atoms with Gasteiger partial charge in [-0.3, -0.25) is 5.43 Å². The van der Waals surface area contributed by atoms with E-state index >= 15 is 0 Å². The Hall–Kier alpha value is -1.15. The van der Waals surface area contributed by atoms with Crippen LogP contribution in [0.3, 0.4) is 0 Å². The Kier molecular flexibility index (Phi) is 8.40. The molecule has 0 bridgehead atoms. The van der Waals surface area contributed by atoms with Crippen molar-refractivity contribution in [2.45, 2.75) is 32.6 Å². The molecule has 0 aromatic carbocycles. The fourth-order valence-corrected chi connectivity index (χ4v) is 3.52. The second-order valence-corrected chi connectivity index (χ2v) is 6.72. The number of hydrazine groups is 1. The van der Waals surface area contributed by atoms with Gasteiger partial charge in [-0.15, -0.1) is 35.1 Å². The lowest BCUT2D eigenvalue weighted by atomic mass is 10.1. The SMILES string of the molecule is Cc1nc(CCc2cc(CCCOC(=O)NN)cs2)cs1.Cl. The molecule has 1 amide bonds. The second kappa shape index (κ2) is 9.78. The van der Waals surface area contributed by atoms with Gasteiger partial charge in [0.15, 0.2) is 0 Å². The molecule has 0 aliphatic heterocycles. The van der Waals surface area contributed by atoms with Crippen LogP contribution < -0.4 is 11.3 Å². The summed E-state index contributed by atoms with van der Waals surface area (Å²) in [5.41, 5.74) is 4.41. The molecule has 5 nitrogen and oxygen atoms in total. The zero-order valence-corrected chi connectivity index (χ0v) is 14.8. The van der Waals surface area contributed by atoms with E-state index in [1.54, 1.807) is 22.7 Å². The van der Waals surface area contributed by atoms with Crippen LogP contribution in [0.4, 0.5) is 4.79 Å². The number of aromatic nitrogens is 1. The molecule has 2 heterocycles. The number of thiazole rings is 1. The van der Waals surface area contributed by atoms with Gasteiger partial charge >= 0.3 is 6.09 Å². The van der Waals surface area contributed by atoms with E-state index in [0.717, 1.165) is 30.7 Å². The molecule has 0 saturated heterocycles. The van der Waals surface area contributed by atoms with Crippen LogP contribution in [0.25, 0.3) is 0 Å². The third-order valence-electron chi connectivity index (χ3n) is 2.96. The Morgan fingerprint density at radius 1 is 1.32 bits per heavy atom. The van der Waals surface area contributed by atoms with Gasteiger partial charge in [0.25, 0.3) is 0 Å². The van der Waals surface area contributed by atoms with E-state index in [1.807, 2.05) is 12.3 Å². The Morgan fingerprint density at radius 3 is 2.82 bits per heavy atom. The maximum atomic E-state index is 10.8. The molecule has 2 aromatic rings. The van der Waals surface area contributed by atoms with Gasteiger partial charge in [0, 0.05) is 10.3 Å². The Balaban J connectivity index is 0.00000242. The fraction of sp³-hybridized carbons (Fsp3) is 0.429. The number of rotatable bonds is 7. The fourth-order valence-electron chi connectivity index (χ4n) is 1.95. The van der Waals surface area contributed by atoms with Crippen LogP contribution in [0, 0.1) is 6.92 Å². The van der Waals surface area contributed by atoms with Gasteiger partial charge in [0.1, 0.15) is 0 Å². The molecule has 122 valence electrons. The number of carbonyl (C=O) groups excluding carboxylic acids is 1. The summed E-state index contributed by atoms with van der Waals surface area (Å²) in [6, 6.07) is 2.23. The molecule has 0 aliphatic rings. The number of nitrogens with two attached hydrogens (primary N) is 1. The lowest BCUT2D eigenvalue weighted by Gasteiger charge is -2.02. The number of hydrogen-bond acceptors (Lipinski definition) is 6. The van der Waals surface area contributed by atoms with Gasteiger partial charge < -0.3 is 4.74 Å². The van der Waals surface area contributed by atoms with Gasteiger partial charge in [-0.25, -0.2) is 15.6 Å². The first kappa shape index (κ1) is 18.9. The second-order valence-electron chi connectivity index (χ2n) is 4.66. The standard InChI is InChI=1S/C14H19N3O2S2.ClH/c1-10-16-12(9-20-10)4-5-13-7-11(8-21-13)3-2-6-19-14(18)17-15;/h7-9H,2-6,15H2,1H3,(H,17,18);1H. The van der Waals surface area contributed by atoms with Crippen molar-refractivity contribution in [3.63, 3.8) is 0 Å². The number of amides is 1. The van der Waals surface area contributed by atoms with Crippen molar-refractivity contribution < 1.29 is 9.53 Å². The van der Waals surface area contributed by atoms with Gasteiger partial charge in [0.05, 0.1) is 17.3 Å². The summed E-state index contributed by atoms with van der Waals surface area (Å²) in [5.74, 6) is 4.92. The molecule has 0 saturated carbocycles. The number of ether oxygens (including phenoxy) is 1. The molecule has 0 atom stereocenters. The molecule has 2 aromatic heterocycles. The topological polar surface area (TPSA) is 77.2 Å². The average Bonchev–Trinajstić information content (AvgIpc) is 3.10. The lowest BCUT2D eigenvalue weighted by molar-refractivity contribution is 0.145. The highest BCUT2D eigenvalue weighted by Gasteiger charge is 2.04. The number of nitrogens with one attached hydrogen (secondary N) is 1. The van der Waals surface area contributed by atoms with Crippen molar-refractivity contribution in [1.82, 2.24) is 10.4 Å². The third kappa shape index (κ3) is 6.31. The van der Waals surface area contributed by atoms with Crippen molar-refractivity contribution in [3.05, 3.63) is 38.0 Å². The molecule has 0 radical (unpaired) electrons. The minimum absolute atomic E-state index is 0. The summed E-state index contributed by atoms with van der Waals surface area (Å²) in [4.78, 5) is 16.6. The summed E-state index contributed by atoms with van der Waals surface area (Å²) >= 11 is 3.48. The molecule has 8 heteroatoms. The van der Waals surface area contributed by atoms with Crippen molar-refractivity contribution >= 4 is 41.2 Å². The number of nitrogens with zero attached hydrogens (tertiary/aromatic N) is 1. The molecular formula is C14H20ClN3O2S2. The van der Waals surface area contributed by atoms with E-state index < -0.39 is 6.09 Å². The molecule has 0 fully saturated rings. The number of aryl methyl sites for hydroxylation is 4. The quantitative estimate of drug-likeness (QED) is 0.343. The smallest absolute Gasteiger partial charge is 0.421 e. The van der Waals surface area contributed by atoms with Crippen LogP contribution in [-0.4, -0.2) is 17.7 Å². The summed E-state index contributed by atoms with van der Waals surface area (Å²) in [6.45, 7) is 2.41. The lowest BCUT2D eigenvalue weighted by Crippen LogP contribution is -2.30. The van der Waals surface area contributed by atoms with Gasteiger partial charge in [0.2, 0.25) is 0 Å². The molecule has 0 unspecified atom stereocenters. The van der Waals surface area contributed by atoms with E-state index in [1.165, 1.54) is 16.1 Å². The Morgan fingerprint density at radius 2 is 2.14 bits per heavy atom. The summed E-state index contributed by atoms with van der Waals surface area (Å²) in [5, 5.41) is 5.42. The molecule has 22 heavy (non-hydrogen) atoms. The van der Waals surface area contributed by atoms with Crippen molar-refractivity contribution in [1.29, 1.82) is 0 Å². The molecule has 0 aliphatic carbocycles. The van der Waals surface area contributed by atoms with Gasteiger partial charge in [-0.05, 0) is 49.6 Å². The first-order valence-electron chi connectivity index (χ1n) is 6.78. The van der Waals surface area contributed by atoms with Crippen LogP contribution in [0.1, 0.15) is 27.6 Å². The summed E-state index contributed by atoms with van der Waals surface area (Å²) in [7, 11) is 0. The number of halogens is 1. The van der Waals surface area contributed by atoms with Crippen molar-refractivity contribution in [2.24, 2.45) is 5.84 Å². The zero-order valence-electron chi connectivity index (χ0n) is 12.3. The van der Waals surface area contributed by atoms with Gasteiger partial charge in [-0.1, -0.05) is 0 Å². The van der Waals surface area contributed by atoms with Crippen LogP contribution in [0.2, 0.25) is 0 Å². The maximum absolute atomic E-state index is 10.8. The predicted molar refractivity (Wildman–Crippen MR) is 92.8 cm³/mol. The first-order chi connectivity index (χ1) is 10.2.